The lowest BCUT2D eigenvalue weighted by Crippen LogP contribution is -2.02. The number of nitrogens with zero attached hydrogens (tertiary/aromatic N) is 2. The number of carbonyl (C=O) groups is 1. The molecule has 0 saturated heterocycles. The molecule has 0 atom stereocenters. The van der Waals surface area contributed by atoms with Gasteiger partial charge < -0.3 is 4.84 Å². The zero-order valence-corrected chi connectivity index (χ0v) is 11.1. The molecule has 6 nitrogen and oxygen atoms in total. The Labute approximate surface area is 119 Å². The first-order chi connectivity index (χ1) is 10.1. The van der Waals surface area contributed by atoms with Crippen LogP contribution in [-0.2, 0) is 9.63 Å². The Hall–Kier alpha value is -3.02. The monoisotopic (exact) mass is 282 g/mol. The lowest BCUT2D eigenvalue weighted by Gasteiger charge is -2.00. The second-order valence-electron chi connectivity index (χ2n) is 4.56. The average Bonchev–Trinajstić information content (AvgIpc) is 2.78. The molecule has 104 valence electrons. The number of hydrogen-bond donors (Lipinski definition) is 0. The highest BCUT2D eigenvalue weighted by Crippen LogP contribution is 2.38. The average molecular weight is 282 g/mol. The largest absolute Gasteiger partial charge is 0.332 e. The van der Waals surface area contributed by atoms with Gasteiger partial charge >= 0.3 is 5.97 Å². The third-order valence-corrected chi connectivity index (χ3v) is 3.21. The number of carbonyl (C=O) groups excluding carboxylic acids is 1. The lowest BCUT2D eigenvalue weighted by molar-refractivity contribution is -0.384. The fraction of sp³-hybridized carbons (Fsp3) is 0.0667. The van der Waals surface area contributed by atoms with Crippen molar-refractivity contribution in [2.24, 2.45) is 5.16 Å². The topological polar surface area (TPSA) is 81.8 Å². The molecule has 0 aliphatic heterocycles. The molecule has 0 aromatic heterocycles. The molecule has 0 fully saturated rings. The van der Waals surface area contributed by atoms with E-state index in [0.29, 0.717) is 11.3 Å². The predicted molar refractivity (Wildman–Crippen MR) is 75.9 cm³/mol. The molecule has 6 heteroatoms. The molecule has 0 heterocycles. The van der Waals surface area contributed by atoms with E-state index in [1.807, 2.05) is 24.3 Å². The van der Waals surface area contributed by atoms with Crippen LogP contribution in [-0.4, -0.2) is 16.6 Å². The zero-order chi connectivity index (χ0) is 15.0. The van der Waals surface area contributed by atoms with E-state index < -0.39 is 10.9 Å². The van der Waals surface area contributed by atoms with Crippen LogP contribution >= 0.6 is 0 Å². The van der Waals surface area contributed by atoms with Crippen molar-refractivity contribution in [1.29, 1.82) is 0 Å². The number of oxime groups is 1. The summed E-state index contributed by atoms with van der Waals surface area (Å²) in [5.74, 6) is -0.543. The Balaban J connectivity index is 2.22. The Bertz CT molecular complexity index is 796. The van der Waals surface area contributed by atoms with E-state index in [2.05, 4.69) is 5.16 Å². The van der Waals surface area contributed by atoms with Gasteiger partial charge in [0.1, 0.15) is 5.71 Å². The summed E-state index contributed by atoms with van der Waals surface area (Å²) in [6.45, 7) is 1.25. The van der Waals surface area contributed by atoms with Gasteiger partial charge in [-0.1, -0.05) is 29.4 Å². The van der Waals surface area contributed by atoms with E-state index in [-0.39, 0.29) is 5.69 Å². The SMILES string of the molecule is CC(=O)O/N=C1\c2ccccc2-c2ccc([N+](=O)[O-])cc21. The minimum Gasteiger partial charge on any atom is -0.318 e. The molecule has 1 aliphatic rings. The highest BCUT2D eigenvalue weighted by Gasteiger charge is 2.27. The smallest absolute Gasteiger partial charge is 0.318 e. The summed E-state index contributed by atoms with van der Waals surface area (Å²) >= 11 is 0. The number of nitro benzene ring substituents is 1. The summed E-state index contributed by atoms with van der Waals surface area (Å²) in [4.78, 5) is 26.1. The molecule has 2 aromatic rings. The van der Waals surface area contributed by atoms with Crippen molar-refractivity contribution >= 4 is 17.4 Å². The molecule has 3 rings (SSSR count). The number of benzene rings is 2. The molecule has 0 N–H and O–H groups in total. The predicted octanol–water partition coefficient (Wildman–Crippen LogP) is 2.89. The second-order valence-corrected chi connectivity index (χ2v) is 4.56. The molecular weight excluding hydrogens is 272 g/mol. The van der Waals surface area contributed by atoms with Crippen LogP contribution in [0.5, 0.6) is 0 Å². The van der Waals surface area contributed by atoms with Gasteiger partial charge in [0.2, 0.25) is 0 Å². The van der Waals surface area contributed by atoms with Crippen LogP contribution in [0.3, 0.4) is 0 Å². The molecule has 0 bridgehead atoms. The van der Waals surface area contributed by atoms with Gasteiger partial charge in [0, 0.05) is 30.2 Å². The van der Waals surface area contributed by atoms with Crippen molar-refractivity contribution < 1.29 is 14.6 Å². The molecular formula is C15H10N2O4. The minimum atomic E-state index is -0.543. The maximum Gasteiger partial charge on any atom is 0.332 e. The van der Waals surface area contributed by atoms with Crippen LogP contribution in [0.2, 0.25) is 0 Å². The van der Waals surface area contributed by atoms with E-state index in [1.54, 1.807) is 6.07 Å². The van der Waals surface area contributed by atoms with Crippen LogP contribution in [0.1, 0.15) is 18.1 Å². The first-order valence-corrected chi connectivity index (χ1v) is 6.22. The van der Waals surface area contributed by atoms with E-state index in [9.17, 15) is 14.9 Å². The van der Waals surface area contributed by atoms with Gasteiger partial charge in [0.15, 0.2) is 0 Å². The standard InChI is InChI=1S/C15H10N2O4/c1-9(18)21-16-15-13-5-3-2-4-11(13)12-7-6-10(17(19)20)8-14(12)15/h2-8H,1H3/b16-15+. The number of fused-ring (bicyclic) bond motifs is 3. The van der Waals surface area contributed by atoms with Gasteiger partial charge in [-0.2, -0.15) is 0 Å². The van der Waals surface area contributed by atoms with Crippen molar-refractivity contribution in [2.45, 2.75) is 6.92 Å². The van der Waals surface area contributed by atoms with Crippen LogP contribution < -0.4 is 0 Å². The summed E-state index contributed by atoms with van der Waals surface area (Å²) in [5.41, 5.74) is 3.52. The minimum absolute atomic E-state index is 0.0305. The van der Waals surface area contributed by atoms with Gasteiger partial charge in [-0.05, 0) is 17.2 Å². The highest BCUT2D eigenvalue weighted by molar-refractivity contribution is 6.24. The van der Waals surface area contributed by atoms with Gasteiger partial charge in [0.05, 0.1) is 4.92 Å². The molecule has 1 aliphatic carbocycles. The maximum atomic E-state index is 11.0. The summed E-state index contributed by atoms with van der Waals surface area (Å²) in [6, 6.07) is 12.0. The summed E-state index contributed by atoms with van der Waals surface area (Å²) in [5, 5.41) is 14.8. The first kappa shape index (κ1) is 13.0. The van der Waals surface area contributed by atoms with Crippen molar-refractivity contribution in [1.82, 2.24) is 0 Å². The number of nitro groups is 1. The Morgan fingerprint density at radius 1 is 1.10 bits per heavy atom. The molecule has 0 radical (unpaired) electrons. The molecule has 21 heavy (non-hydrogen) atoms. The first-order valence-electron chi connectivity index (χ1n) is 6.22. The quantitative estimate of drug-likeness (QED) is 0.411. The number of non-ortho nitro benzene ring substituents is 1. The Morgan fingerprint density at radius 3 is 2.43 bits per heavy atom. The van der Waals surface area contributed by atoms with Gasteiger partial charge in [0.25, 0.3) is 5.69 Å². The van der Waals surface area contributed by atoms with Crippen LogP contribution in [0.15, 0.2) is 47.6 Å². The maximum absolute atomic E-state index is 11.0. The highest BCUT2D eigenvalue weighted by atomic mass is 16.7. The van der Waals surface area contributed by atoms with E-state index in [1.165, 1.54) is 19.1 Å². The van der Waals surface area contributed by atoms with Crippen molar-refractivity contribution in [2.75, 3.05) is 0 Å². The van der Waals surface area contributed by atoms with Crippen LogP contribution in [0, 0.1) is 10.1 Å². The van der Waals surface area contributed by atoms with E-state index in [0.717, 1.165) is 16.7 Å². The zero-order valence-electron chi connectivity index (χ0n) is 11.1. The second kappa shape index (κ2) is 4.82. The molecule has 0 unspecified atom stereocenters. The molecule has 0 amide bonds. The van der Waals surface area contributed by atoms with Gasteiger partial charge in [-0.3, -0.25) is 10.1 Å². The normalized spacial score (nSPS) is 13.7. The van der Waals surface area contributed by atoms with Crippen molar-refractivity contribution in [3.63, 3.8) is 0 Å². The van der Waals surface area contributed by atoms with Crippen LogP contribution in [0.25, 0.3) is 11.1 Å². The fourth-order valence-electron chi connectivity index (χ4n) is 2.35. The molecule has 0 spiro atoms. The van der Waals surface area contributed by atoms with Gasteiger partial charge in [-0.25, -0.2) is 4.79 Å². The fourth-order valence-corrected chi connectivity index (χ4v) is 2.35. The number of rotatable bonds is 2. The van der Waals surface area contributed by atoms with E-state index in [4.69, 9.17) is 4.84 Å². The Morgan fingerprint density at radius 2 is 1.76 bits per heavy atom. The van der Waals surface area contributed by atoms with Crippen LogP contribution in [0.4, 0.5) is 5.69 Å². The molecule has 0 saturated carbocycles. The van der Waals surface area contributed by atoms with Gasteiger partial charge in [-0.15, -0.1) is 0 Å². The Kier molecular flexibility index (Phi) is 2.98. The summed E-state index contributed by atoms with van der Waals surface area (Å²) < 4.78 is 0. The summed E-state index contributed by atoms with van der Waals surface area (Å²) in [6.07, 6.45) is 0. The van der Waals surface area contributed by atoms with E-state index >= 15 is 0 Å². The van der Waals surface area contributed by atoms with Crippen molar-refractivity contribution in [3.05, 3.63) is 63.7 Å². The lowest BCUT2D eigenvalue weighted by atomic mass is 10.1. The summed E-state index contributed by atoms with van der Waals surface area (Å²) in [7, 11) is 0. The molecule has 2 aromatic carbocycles. The van der Waals surface area contributed by atoms with Crippen molar-refractivity contribution in [3.8, 4) is 11.1 Å². The third-order valence-electron chi connectivity index (χ3n) is 3.21. The number of hydrogen-bond acceptors (Lipinski definition) is 5. The third kappa shape index (κ3) is 2.16.